The van der Waals surface area contributed by atoms with Crippen LogP contribution >= 0.6 is 12.4 Å². The number of hydrogen-bond acceptors (Lipinski definition) is 3. The van der Waals surface area contributed by atoms with E-state index in [4.69, 9.17) is 5.73 Å². The lowest BCUT2D eigenvalue weighted by molar-refractivity contribution is -0.132. The van der Waals surface area contributed by atoms with Gasteiger partial charge in [-0.25, -0.2) is 0 Å². The van der Waals surface area contributed by atoms with Crippen molar-refractivity contribution in [3.05, 3.63) is 58.8 Å². The molecule has 0 aliphatic carbocycles. The summed E-state index contributed by atoms with van der Waals surface area (Å²) < 4.78 is 1.96. The summed E-state index contributed by atoms with van der Waals surface area (Å²) in [6, 6.07) is 15.1. The van der Waals surface area contributed by atoms with Gasteiger partial charge in [-0.15, -0.1) is 12.4 Å². The van der Waals surface area contributed by atoms with Crippen LogP contribution in [-0.4, -0.2) is 34.5 Å². The molecule has 1 unspecified atom stereocenters. The van der Waals surface area contributed by atoms with E-state index >= 15 is 0 Å². The molecule has 26 heavy (non-hydrogen) atoms. The average Bonchev–Trinajstić information content (AvgIpc) is 3.14. The number of hydrogen-bond donors (Lipinski definition) is 1. The van der Waals surface area contributed by atoms with E-state index < -0.39 is 0 Å². The highest BCUT2D eigenvalue weighted by atomic mass is 35.5. The van der Waals surface area contributed by atoms with Crippen LogP contribution in [0.25, 0.3) is 21.8 Å². The SMILES string of the molecule is Cl.NCC1CCCN1C(=O)Cn1c2ccccc2c(=O)c2ccccc21. The van der Waals surface area contributed by atoms with Gasteiger partial charge < -0.3 is 15.2 Å². The molecule has 6 heteroatoms. The Bertz CT molecular complexity index is 955. The Kier molecular flexibility index (Phi) is 5.30. The Labute approximate surface area is 157 Å². The van der Waals surface area contributed by atoms with Crippen LogP contribution in [0, 0.1) is 0 Å². The second kappa shape index (κ2) is 7.48. The zero-order valence-corrected chi connectivity index (χ0v) is 15.2. The fraction of sp³-hybridized carbons (Fsp3) is 0.300. The number of carbonyl (C=O) groups is 1. The first-order chi connectivity index (χ1) is 12.2. The molecule has 1 aromatic heterocycles. The molecular formula is C20H22ClN3O2. The molecule has 4 rings (SSSR count). The Balaban J connectivity index is 0.00000196. The highest BCUT2D eigenvalue weighted by molar-refractivity contribution is 5.94. The molecule has 3 aromatic rings. The number of nitrogens with zero attached hydrogens (tertiary/aromatic N) is 2. The molecule has 1 fully saturated rings. The highest BCUT2D eigenvalue weighted by Gasteiger charge is 2.28. The smallest absolute Gasteiger partial charge is 0.242 e. The van der Waals surface area contributed by atoms with Crippen LogP contribution in [0.2, 0.25) is 0 Å². The van der Waals surface area contributed by atoms with Crippen molar-refractivity contribution in [3.8, 4) is 0 Å². The molecule has 1 aliphatic rings. The van der Waals surface area contributed by atoms with Gasteiger partial charge in [0.2, 0.25) is 5.91 Å². The molecule has 0 saturated carbocycles. The van der Waals surface area contributed by atoms with Gasteiger partial charge in [0.25, 0.3) is 0 Å². The van der Waals surface area contributed by atoms with Gasteiger partial charge in [-0.1, -0.05) is 24.3 Å². The predicted molar refractivity (Wildman–Crippen MR) is 107 cm³/mol. The van der Waals surface area contributed by atoms with Crippen LogP contribution in [0.4, 0.5) is 0 Å². The maximum Gasteiger partial charge on any atom is 0.242 e. The summed E-state index contributed by atoms with van der Waals surface area (Å²) in [5.41, 5.74) is 7.41. The summed E-state index contributed by atoms with van der Waals surface area (Å²) in [5, 5.41) is 1.29. The van der Waals surface area contributed by atoms with E-state index in [0.29, 0.717) is 17.3 Å². The number of pyridine rings is 1. The molecule has 1 atom stereocenters. The molecule has 1 saturated heterocycles. The van der Waals surface area contributed by atoms with Crippen molar-refractivity contribution >= 4 is 40.1 Å². The zero-order chi connectivity index (χ0) is 17.4. The van der Waals surface area contributed by atoms with Gasteiger partial charge in [-0.05, 0) is 37.1 Å². The van der Waals surface area contributed by atoms with E-state index in [2.05, 4.69) is 0 Å². The van der Waals surface area contributed by atoms with Crippen LogP contribution in [0.1, 0.15) is 12.8 Å². The van der Waals surface area contributed by atoms with Gasteiger partial charge >= 0.3 is 0 Å². The molecule has 2 N–H and O–H groups in total. The Morgan fingerprint density at radius 2 is 1.62 bits per heavy atom. The normalized spacial score (nSPS) is 16.8. The number of benzene rings is 2. The van der Waals surface area contributed by atoms with Crippen molar-refractivity contribution in [3.63, 3.8) is 0 Å². The molecule has 0 bridgehead atoms. The fourth-order valence-electron chi connectivity index (χ4n) is 3.88. The van der Waals surface area contributed by atoms with Crippen LogP contribution in [0.3, 0.4) is 0 Å². The van der Waals surface area contributed by atoms with Gasteiger partial charge in [0, 0.05) is 29.9 Å². The van der Waals surface area contributed by atoms with E-state index in [0.717, 1.165) is 30.4 Å². The van der Waals surface area contributed by atoms with Crippen LogP contribution in [0.15, 0.2) is 53.3 Å². The van der Waals surface area contributed by atoms with E-state index in [-0.39, 0.29) is 36.3 Å². The Morgan fingerprint density at radius 1 is 1.04 bits per heavy atom. The summed E-state index contributed by atoms with van der Waals surface area (Å²) in [6.45, 7) is 1.48. The maximum atomic E-state index is 12.9. The van der Waals surface area contributed by atoms with Gasteiger partial charge in [0.1, 0.15) is 6.54 Å². The molecule has 0 spiro atoms. The third-order valence-electron chi connectivity index (χ3n) is 5.14. The van der Waals surface area contributed by atoms with Gasteiger partial charge in [-0.2, -0.15) is 0 Å². The van der Waals surface area contributed by atoms with Crippen molar-refractivity contribution in [1.29, 1.82) is 0 Å². The number of aromatic nitrogens is 1. The number of rotatable bonds is 3. The second-order valence-electron chi connectivity index (χ2n) is 6.57. The van der Waals surface area contributed by atoms with Crippen molar-refractivity contribution < 1.29 is 4.79 Å². The molecule has 2 aromatic carbocycles. The monoisotopic (exact) mass is 371 g/mol. The minimum absolute atomic E-state index is 0. The third kappa shape index (κ3) is 2.97. The Hall–Kier alpha value is -2.37. The number of fused-ring (bicyclic) bond motifs is 2. The molecule has 1 aliphatic heterocycles. The summed E-state index contributed by atoms with van der Waals surface area (Å²) in [4.78, 5) is 27.6. The summed E-state index contributed by atoms with van der Waals surface area (Å²) >= 11 is 0. The van der Waals surface area contributed by atoms with Crippen molar-refractivity contribution in [2.75, 3.05) is 13.1 Å². The first-order valence-electron chi connectivity index (χ1n) is 8.70. The van der Waals surface area contributed by atoms with E-state index in [1.165, 1.54) is 0 Å². The highest BCUT2D eigenvalue weighted by Crippen LogP contribution is 2.21. The molecular weight excluding hydrogens is 350 g/mol. The van der Waals surface area contributed by atoms with E-state index in [1.54, 1.807) is 0 Å². The van der Waals surface area contributed by atoms with Crippen molar-refractivity contribution in [2.24, 2.45) is 5.73 Å². The quantitative estimate of drug-likeness (QED) is 0.719. The van der Waals surface area contributed by atoms with Crippen LogP contribution in [-0.2, 0) is 11.3 Å². The van der Waals surface area contributed by atoms with Crippen molar-refractivity contribution in [2.45, 2.75) is 25.4 Å². The summed E-state index contributed by atoms with van der Waals surface area (Å²) in [5.74, 6) is 0.0619. The number of amides is 1. The van der Waals surface area contributed by atoms with Crippen molar-refractivity contribution in [1.82, 2.24) is 9.47 Å². The molecule has 136 valence electrons. The number of para-hydroxylation sites is 2. The largest absolute Gasteiger partial charge is 0.337 e. The summed E-state index contributed by atoms with van der Waals surface area (Å²) in [6.07, 6.45) is 1.97. The predicted octanol–water partition coefficient (Wildman–Crippen LogP) is 2.53. The number of halogens is 1. The first kappa shape index (κ1) is 18.4. The van der Waals surface area contributed by atoms with E-state index in [9.17, 15) is 9.59 Å². The minimum Gasteiger partial charge on any atom is -0.337 e. The summed E-state index contributed by atoms with van der Waals surface area (Å²) in [7, 11) is 0. The van der Waals surface area contributed by atoms with Crippen LogP contribution < -0.4 is 11.2 Å². The number of likely N-dealkylation sites (tertiary alicyclic amines) is 1. The standard InChI is InChI=1S/C20H21N3O2.ClH/c21-12-14-6-5-11-22(14)19(24)13-23-17-9-3-1-7-15(17)20(25)16-8-2-4-10-18(16)23;/h1-4,7-10,14H,5-6,11-13,21H2;1H. The van der Waals surface area contributed by atoms with Crippen LogP contribution in [0.5, 0.6) is 0 Å². The van der Waals surface area contributed by atoms with Gasteiger partial charge in [0.05, 0.1) is 11.0 Å². The zero-order valence-electron chi connectivity index (χ0n) is 14.4. The maximum absolute atomic E-state index is 12.9. The van der Waals surface area contributed by atoms with Gasteiger partial charge in [-0.3, -0.25) is 9.59 Å². The first-order valence-corrected chi connectivity index (χ1v) is 8.70. The fourth-order valence-corrected chi connectivity index (χ4v) is 3.88. The molecule has 1 amide bonds. The second-order valence-corrected chi connectivity index (χ2v) is 6.57. The lowest BCUT2D eigenvalue weighted by Crippen LogP contribution is -2.41. The minimum atomic E-state index is 0. The topological polar surface area (TPSA) is 68.3 Å². The number of carbonyl (C=O) groups excluding carboxylic acids is 1. The third-order valence-corrected chi connectivity index (χ3v) is 5.14. The molecule has 5 nitrogen and oxygen atoms in total. The van der Waals surface area contributed by atoms with Gasteiger partial charge in [0.15, 0.2) is 5.43 Å². The molecule has 0 radical (unpaired) electrons. The number of nitrogens with two attached hydrogens (primary N) is 1. The Morgan fingerprint density at radius 3 is 2.19 bits per heavy atom. The lowest BCUT2D eigenvalue weighted by atomic mass is 10.1. The lowest BCUT2D eigenvalue weighted by Gasteiger charge is -2.25. The molecule has 2 heterocycles. The van der Waals surface area contributed by atoms with E-state index in [1.807, 2.05) is 58.0 Å². The average molecular weight is 372 g/mol.